The molecule has 2 atom stereocenters. The van der Waals surface area contributed by atoms with Gasteiger partial charge in [-0.2, -0.15) is 0 Å². The smallest absolute Gasteiger partial charge is 0.235 e. The standard InChI is InChI=1S/C11H20ClNOS/c1-9(12)6-7-13(2)11(14)10-5-3-4-8-15-10/h9-10H,3-8H2,1-2H3. The van der Waals surface area contributed by atoms with Crippen molar-refractivity contribution in [3.05, 3.63) is 0 Å². The van der Waals surface area contributed by atoms with Gasteiger partial charge in [-0.3, -0.25) is 4.79 Å². The fourth-order valence-corrected chi connectivity index (χ4v) is 3.07. The lowest BCUT2D eigenvalue weighted by Gasteiger charge is -2.26. The zero-order valence-electron chi connectivity index (χ0n) is 9.54. The van der Waals surface area contributed by atoms with E-state index in [-0.39, 0.29) is 16.5 Å². The van der Waals surface area contributed by atoms with Gasteiger partial charge in [0, 0.05) is 19.0 Å². The van der Waals surface area contributed by atoms with Crippen molar-refractivity contribution in [1.29, 1.82) is 0 Å². The van der Waals surface area contributed by atoms with E-state index in [1.54, 1.807) is 0 Å². The van der Waals surface area contributed by atoms with Crippen LogP contribution < -0.4 is 0 Å². The quantitative estimate of drug-likeness (QED) is 0.715. The molecule has 1 fully saturated rings. The summed E-state index contributed by atoms with van der Waals surface area (Å²) in [6.07, 6.45) is 4.38. The van der Waals surface area contributed by atoms with E-state index in [0.717, 1.165) is 25.1 Å². The number of carbonyl (C=O) groups is 1. The van der Waals surface area contributed by atoms with Crippen LogP contribution in [0.15, 0.2) is 0 Å². The Morgan fingerprint density at radius 3 is 2.87 bits per heavy atom. The lowest BCUT2D eigenvalue weighted by atomic mass is 10.1. The molecule has 0 spiro atoms. The van der Waals surface area contributed by atoms with Crippen LogP contribution in [0.5, 0.6) is 0 Å². The van der Waals surface area contributed by atoms with E-state index in [0.29, 0.717) is 0 Å². The van der Waals surface area contributed by atoms with Gasteiger partial charge in [-0.25, -0.2) is 0 Å². The van der Waals surface area contributed by atoms with E-state index in [9.17, 15) is 4.79 Å². The molecule has 1 heterocycles. The Labute approximate surface area is 102 Å². The van der Waals surface area contributed by atoms with Crippen molar-refractivity contribution in [3.63, 3.8) is 0 Å². The molecule has 15 heavy (non-hydrogen) atoms. The third-order valence-electron chi connectivity index (χ3n) is 2.69. The summed E-state index contributed by atoms with van der Waals surface area (Å²) in [6.45, 7) is 2.75. The summed E-state index contributed by atoms with van der Waals surface area (Å²) in [6, 6.07) is 0. The van der Waals surface area contributed by atoms with E-state index >= 15 is 0 Å². The Kier molecular flexibility index (Phi) is 5.83. The molecule has 1 saturated heterocycles. The van der Waals surface area contributed by atoms with Gasteiger partial charge in [0.1, 0.15) is 0 Å². The maximum absolute atomic E-state index is 12.0. The number of alkyl halides is 1. The maximum atomic E-state index is 12.0. The first-order chi connectivity index (χ1) is 7.11. The minimum Gasteiger partial charge on any atom is -0.345 e. The highest BCUT2D eigenvalue weighted by Gasteiger charge is 2.24. The minimum atomic E-state index is 0.152. The van der Waals surface area contributed by atoms with Crippen LogP contribution in [0.1, 0.15) is 32.6 Å². The molecule has 1 aliphatic rings. The number of thioether (sulfide) groups is 1. The third-order valence-corrected chi connectivity index (χ3v) is 4.28. The summed E-state index contributed by atoms with van der Waals surface area (Å²) in [7, 11) is 1.89. The van der Waals surface area contributed by atoms with Gasteiger partial charge in [-0.1, -0.05) is 6.42 Å². The molecule has 0 bridgehead atoms. The molecule has 88 valence electrons. The average molecular weight is 250 g/mol. The first-order valence-electron chi connectivity index (χ1n) is 5.62. The van der Waals surface area contributed by atoms with E-state index in [2.05, 4.69) is 0 Å². The van der Waals surface area contributed by atoms with Crippen LogP contribution in [-0.4, -0.2) is 40.8 Å². The summed E-state index contributed by atoms with van der Waals surface area (Å²) in [4.78, 5) is 13.8. The SMILES string of the molecule is CC(Cl)CCN(C)C(=O)C1CCCCS1. The monoisotopic (exact) mass is 249 g/mol. The largest absolute Gasteiger partial charge is 0.345 e. The number of hydrogen-bond acceptors (Lipinski definition) is 2. The highest BCUT2D eigenvalue weighted by molar-refractivity contribution is 8.00. The van der Waals surface area contributed by atoms with Crippen molar-refractivity contribution in [3.8, 4) is 0 Å². The second kappa shape index (κ2) is 6.64. The molecule has 0 aromatic heterocycles. The normalized spacial score (nSPS) is 23.5. The van der Waals surface area contributed by atoms with E-state index < -0.39 is 0 Å². The first kappa shape index (κ1) is 13.2. The molecule has 1 rings (SSSR count). The average Bonchev–Trinajstić information content (AvgIpc) is 2.26. The number of rotatable bonds is 4. The first-order valence-corrected chi connectivity index (χ1v) is 7.10. The lowest BCUT2D eigenvalue weighted by molar-refractivity contribution is -0.129. The zero-order valence-corrected chi connectivity index (χ0v) is 11.1. The highest BCUT2D eigenvalue weighted by atomic mass is 35.5. The van der Waals surface area contributed by atoms with Crippen molar-refractivity contribution < 1.29 is 4.79 Å². The number of carbonyl (C=O) groups excluding carboxylic acids is 1. The topological polar surface area (TPSA) is 20.3 Å². The van der Waals surface area contributed by atoms with Gasteiger partial charge in [0.2, 0.25) is 5.91 Å². The minimum absolute atomic E-state index is 0.152. The zero-order chi connectivity index (χ0) is 11.3. The van der Waals surface area contributed by atoms with Gasteiger partial charge < -0.3 is 4.90 Å². The predicted molar refractivity (Wildman–Crippen MR) is 67.7 cm³/mol. The molecule has 1 amide bonds. The van der Waals surface area contributed by atoms with E-state index in [4.69, 9.17) is 11.6 Å². The fraction of sp³-hybridized carbons (Fsp3) is 0.909. The van der Waals surface area contributed by atoms with Gasteiger partial charge >= 0.3 is 0 Å². The Morgan fingerprint density at radius 1 is 1.60 bits per heavy atom. The summed E-state index contributed by atoms with van der Waals surface area (Å²) >= 11 is 7.68. The van der Waals surface area contributed by atoms with E-state index in [1.165, 1.54) is 12.8 Å². The summed E-state index contributed by atoms with van der Waals surface area (Å²) < 4.78 is 0. The fourth-order valence-electron chi connectivity index (χ4n) is 1.66. The van der Waals surface area contributed by atoms with Crippen molar-refractivity contribution >= 4 is 29.3 Å². The van der Waals surface area contributed by atoms with Crippen molar-refractivity contribution in [2.45, 2.75) is 43.2 Å². The number of amides is 1. The van der Waals surface area contributed by atoms with Crippen LogP contribution in [-0.2, 0) is 4.79 Å². The molecule has 0 saturated carbocycles. The maximum Gasteiger partial charge on any atom is 0.235 e. The van der Waals surface area contributed by atoms with Gasteiger partial charge in [-0.15, -0.1) is 23.4 Å². The molecule has 1 aliphatic heterocycles. The lowest BCUT2D eigenvalue weighted by Crippen LogP contribution is -2.37. The molecular formula is C11H20ClNOS. The Bertz CT molecular complexity index is 205. The highest BCUT2D eigenvalue weighted by Crippen LogP contribution is 2.26. The second-order valence-electron chi connectivity index (χ2n) is 4.18. The van der Waals surface area contributed by atoms with Crippen molar-refractivity contribution in [2.75, 3.05) is 19.3 Å². The van der Waals surface area contributed by atoms with Crippen molar-refractivity contribution in [1.82, 2.24) is 4.90 Å². The van der Waals surface area contributed by atoms with E-state index in [1.807, 2.05) is 30.6 Å². The van der Waals surface area contributed by atoms with Crippen LogP contribution >= 0.6 is 23.4 Å². The molecule has 2 nitrogen and oxygen atoms in total. The van der Waals surface area contributed by atoms with Gasteiger partial charge in [0.15, 0.2) is 0 Å². The van der Waals surface area contributed by atoms with Crippen LogP contribution in [0.2, 0.25) is 0 Å². The van der Waals surface area contributed by atoms with Crippen LogP contribution in [0, 0.1) is 0 Å². The Hall–Kier alpha value is 0.110. The molecule has 0 aromatic rings. The summed E-state index contributed by atoms with van der Waals surface area (Å²) in [5.74, 6) is 1.42. The third kappa shape index (κ3) is 4.64. The number of hydrogen-bond donors (Lipinski definition) is 0. The van der Waals surface area contributed by atoms with Gasteiger partial charge in [0.25, 0.3) is 0 Å². The van der Waals surface area contributed by atoms with Gasteiger partial charge in [0.05, 0.1) is 5.25 Å². The molecule has 0 aliphatic carbocycles. The van der Waals surface area contributed by atoms with Crippen LogP contribution in [0.25, 0.3) is 0 Å². The molecule has 4 heteroatoms. The Balaban J connectivity index is 2.30. The van der Waals surface area contributed by atoms with Crippen molar-refractivity contribution in [2.24, 2.45) is 0 Å². The summed E-state index contributed by atoms with van der Waals surface area (Å²) in [5.41, 5.74) is 0. The number of nitrogens with zero attached hydrogens (tertiary/aromatic N) is 1. The molecule has 0 N–H and O–H groups in total. The van der Waals surface area contributed by atoms with Crippen LogP contribution in [0.3, 0.4) is 0 Å². The summed E-state index contributed by atoms with van der Waals surface area (Å²) in [5, 5.41) is 0.355. The molecular weight excluding hydrogens is 230 g/mol. The molecule has 0 radical (unpaired) electrons. The number of halogens is 1. The Morgan fingerprint density at radius 2 is 2.33 bits per heavy atom. The van der Waals surface area contributed by atoms with Gasteiger partial charge in [-0.05, 0) is 31.9 Å². The molecule has 2 unspecified atom stereocenters. The van der Waals surface area contributed by atoms with Crippen LogP contribution in [0.4, 0.5) is 0 Å². The molecule has 0 aromatic carbocycles. The second-order valence-corrected chi connectivity index (χ2v) is 6.24. The predicted octanol–water partition coefficient (Wildman–Crippen LogP) is 2.75.